The van der Waals surface area contributed by atoms with Crippen molar-refractivity contribution in [3.05, 3.63) is 62.4 Å². The first-order valence-electron chi connectivity index (χ1n) is 9.56. The van der Waals surface area contributed by atoms with Gasteiger partial charge >= 0.3 is 0 Å². The molecule has 2 fully saturated rings. The standard InChI is InChI=1S/C20H24N4O3/c1-22-10-2-3-16(19(22)26)20(27)23-11-8-14(9-12-23)13-24-18(25)7-6-17(21-24)15-4-5-15/h2-3,6-7,10,14-15H,4-5,8-9,11-13H2,1H3. The minimum atomic E-state index is -0.266. The molecule has 1 amide bonds. The number of hydrogen-bond donors (Lipinski definition) is 0. The second-order valence-corrected chi connectivity index (χ2v) is 7.63. The lowest BCUT2D eigenvalue weighted by Gasteiger charge is -2.32. The number of aromatic nitrogens is 3. The molecule has 2 aliphatic rings. The highest BCUT2D eigenvalue weighted by Gasteiger charge is 2.28. The summed E-state index contributed by atoms with van der Waals surface area (Å²) in [5.74, 6) is 0.623. The number of nitrogens with zero attached hydrogens (tertiary/aromatic N) is 4. The molecule has 2 aromatic heterocycles. The van der Waals surface area contributed by atoms with Gasteiger partial charge in [-0.15, -0.1) is 0 Å². The maximum atomic E-state index is 12.7. The van der Waals surface area contributed by atoms with E-state index in [1.807, 2.05) is 6.07 Å². The van der Waals surface area contributed by atoms with Crippen LogP contribution in [-0.4, -0.2) is 38.2 Å². The van der Waals surface area contributed by atoms with E-state index in [1.54, 1.807) is 41.0 Å². The van der Waals surface area contributed by atoms with Crippen molar-refractivity contribution in [2.45, 2.75) is 38.1 Å². The number of piperidine rings is 1. The van der Waals surface area contributed by atoms with E-state index in [0.717, 1.165) is 31.4 Å². The topological polar surface area (TPSA) is 77.2 Å². The van der Waals surface area contributed by atoms with E-state index in [1.165, 1.54) is 4.57 Å². The van der Waals surface area contributed by atoms with Crippen molar-refractivity contribution in [3.8, 4) is 0 Å². The van der Waals surface area contributed by atoms with Gasteiger partial charge < -0.3 is 9.47 Å². The molecule has 0 spiro atoms. The summed E-state index contributed by atoms with van der Waals surface area (Å²) in [6, 6.07) is 6.76. The van der Waals surface area contributed by atoms with Crippen molar-refractivity contribution in [3.63, 3.8) is 0 Å². The first kappa shape index (κ1) is 17.7. The van der Waals surface area contributed by atoms with Gasteiger partial charge in [0.25, 0.3) is 17.0 Å². The van der Waals surface area contributed by atoms with Crippen molar-refractivity contribution in [2.75, 3.05) is 13.1 Å². The molecule has 4 rings (SSSR count). The monoisotopic (exact) mass is 368 g/mol. The Balaban J connectivity index is 1.40. The predicted octanol–water partition coefficient (Wildman–Crippen LogP) is 1.37. The van der Waals surface area contributed by atoms with Crippen molar-refractivity contribution < 1.29 is 4.79 Å². The molecule has 2 aromatic rings. The van der Waals surface area contributed by atoms with E-state index in [-0.39, 0.29) is 22.6 Å². The Labute approximate surface area is 157 Å². The number of hydrogen-bond acceptors (Lipinski definition) is 4. The van der Waals surface area contributed by atoms with Crippen LogP contribution in [-0.2, 0) is 13.6 Å². The van der Waals surface area contributed by atoms with Gasteiger partial charge in [0.1, 0.15) is 5.56 Å². The van der Waals surface area contributed by atoms with Gasteiger partial charge in [-0.2, -0.15) is 5.10 Å². The molecule has 1 saturated carbocycles. The second-order valence-electron chi connectivity index (χ2n) is 7.63. The molecule has 1 aliphatic heterocycles. The van der Waals surface area contributed by atoms with E-state index in [0.29, 0.717) is 31.5 Å². The van der Waals surface area contributed by atoms with Gasteiger partial charge in [0, 0.05) is 44.9 Å². The van der Waals surface area contributed by atoms with Crippen LogP contribution in [0.4, 0.5) is 0 Å². The molecule has 0 bridgehead atoms. The van der Waals surface area contributed by atoms with Crippen molar-refractivity contribution in [1.82, 2.24) is 19.2 Å². The van der Waals surface area contributed by atoms with Crippen LogP contribution in [0.1, 0.15) is 47.7 Å². The van der Waals surface area contributed by atoms with Crippen LogP contribution in [0.15, 0.2) is 40.1 Å². The Morgan fingerprint density at radius 2 is 1.85 bits per heavy atom. The summed E-state index contributed by atoms with van der Waals surface area (Å²) in [5.41, 5.74) is 0.901. The lowest BCUT2D eigenvalue weighted by atomic mass is 9.96. The van der Waals surface area contributed by atoms with Gasteiger partial charge in [-0.25, -0.2) is 4.68 Å². The van der Waals surface area contributed by atoms with Gasteiger partial charge in [0.2, 0.25) is 0 Å². The fourth-order valence-electron chi connectivity index (χ4n) is 3.69. The number of amides is 1. The molecule has 3 heterocycles. The van der Waals surface area contributed by atoms with Crippen molar-refractivity contribution in [2.24, 2.45) is 13.0 Å². The van der Waals surface area contributed by atoms with E-state index in [9.17, 15) is 14.4 Å². The zero-order valence-electron chi connectivity index (χ0n) is 15.5. The van der Waals surface area contributed by atoms with Crippen LogP contribution < -0.4 is 11.1 Å². The lowest BCUT2D eigenvalue weighted by Crippen LogP contribution is -2.42. The van der Waals surface area contributed by atoms with E-state index in [4.69, 9.17) is 0 Å². The predicted molar refractivity (Wildman–Crippen MR) is 101 cm³/mol. The SMILES string of the molecule is Cn1cccc(C(=O)N2CCC(Cn3nc(C4CC4)ccc3=O)CC2)c1=O. The zero-order valence-corrected chi connectivity index (χ0v) is 15.5. The largest absolute Gasteiger partial charge is 0.338 e. The number of carbonyl (C=O) groups is 1. The van der Waals surface area contributed by atoms with Crippen LogP contribution in [0.2, 0.25) is 0 Å². The van der Waals surface area contributed by atoms with Crippen LogP contribution in [0.5, 0.6) is 0 Å². The highest BCUT2D eigenvalue weighted by molar-refractivity contribution is 5.93. The first-order valence-corrected chi connectivity index (χ1v) is 9.56. The number of pyridine rings is 1. The fraction of sp³-hybridized carbons (Fsp3) is 0.500. The van der Waals surface area contributed by atoms with Crippen molar-refractivity contribution in [1.29, 1.82) is 0 Å². The summed E-state index contributed by atoms with van der Waals surface area (Å²) in [4.78, 5) is 38.7. The maximum Gasteiger partial charge on any atom is 0.266 e. The van der Waals surface area contributed by atoms with E-state index < -0.39 is 0 Å². The number of rotatable bonds is 4. The zero-order chi connectivity index (χ0) is 19.0. The molecule has 0 unspecified atom stereocenters. The molecule has 7 heteroatoms. The molecule has 1 saturated heterocycles. The normalized spacial score (nSPS) is 17.9. The highest BCUT2D eigenvalue weighted by Crippen LogP contribution is 2.38. The first-order chi connectivity index (χ1) is 13.0. The third-order valence-corrected chi connectivity index (χ3v) is 5.57. The van der Waals surface area contributed by atoms with Crippen LogP contribution >= 0.6 is 0 Å². The van der Waals surface area contributed by atoms with Gasteiger partial charge in [0.15, 0.2) is 0 Å². The average Bonchev–Trinajstić information content (AvgIpc) is 3.51. The molecule has 142 valence electrons. The Morgan fingerprint density at radius 3 is 2.56 bits per heavy atom. The minimum absolute atomic E-state index is 0.0642. The molecule has 0 radical (unpaired) electrons. The lowest BCUT2D eigenvalue weighted by molar-refractivity contribution is 0.0678. The Bertz CT molecular complexity index is 966. The Hall–Kier alpha value is -2.70. The molecule has 0 atom stereocenters. The van der Waals surface area contributed by atoms with Crippen LogP contribution in [0.3, 0.4) is 0 Å². The minimum Gasteiger partial charge on any atom is -0.338 e. The quantitative estimate of drug-likeness (QED) is 0.817. The maximum absolute atomic E-state index is 12.7. The Morgan fingerprint density at radius 1 is 1.11 bits per heavy atom. The highest BCUT2D eigenvalue weighted by atomic mass is 16.2. The number of likely N-dealkylation sites (tertiary alicyclic amines) is 1. The van der Waals surface area contributed by atoms with Gasteiger partial charge in [-0.1, -0.05) is 0 Å². The molecule has 1 aliphatic carbocycles. The summed E-state index contributed by atoms with van der Waals surface area (Å²) in [7, 11) is 1.64. The smallest absolute Gasteiger partial charge is 0.266 e. The summed E-state index contributed by atoms with van der Waals surface area (Å²) >= 11 is 0. The second kappa shape index (κ2) is 7.13. The number of carbonyl (C=O) groups excluding carboxylic acids is 1. The summed E-state index contributed by atoms with van der Waals surface area (Å²) < 4.78 is 3.01. The molecule has 7 nitrogen and oxygen atoms in total. The van der Waals surface area contributed by atoms with Gasteiger partial charge in [-0.05, 0) is 49.8 Å². The molecule has 0 aromatic carbocycles. The summed E-state index contributed by atoms with van der Waals surface area (Å²) in [6.07, 6.45) is 5.57. The molecular formula is C20H24N4O3. The fourth-order valence-corrected chi connectivity index (χ4v) is 3.69. The number of aryl methyl sites for hydroxylation is 1. The van der Waals surface area contributed by atoms with E-state index >= 15 is 0 Å². The summed E-state index contributed by atoms with van der Waals surface area (Å²) in [6.45, 7) is 1.78. The van der Waals surface area contributed by atoms with Crippen molar-refractivity contribution >= 4 is 5.91 Å². The molecular weight excluding hydrogens is 344 g/mol. The van der Waals surface area contributed by atoms with Gasteiger partial charge in [-0.3, -0.25) is 14.4 Å². The Kier molecular flexibility index (Phi) is 4.68. The summed E-state index contributed by atoms with van der Waals surface area (Å²) in [5, 5.41) is 4.53. The average molecular weight is 368 g/mol. The third kappa shape index (κ3) is 3.72. The third-order valence-electron chi connectivity index (χ3n) is 5.57. The van der Waals surface area contributed by atoms with E-state index in [2.05, 4.69) is 5.10 Å². The van der Waals surface area contributed by atoms with Crippen LogP contribution in [0.25, 0.3) is 0 Å². The van der Waals surface area contributed by atoms with Crippen LogP contribution in [0, 0.1) is 5.92 Å². The van der Waals surface area contributed by atoms with Gasteiger partial charge in [0.05, 0.1) is 5.69 Å². The molecule has 0 N–H and O–H groups in total. The molecule has 27 heavy (non-hydrogen) atoms.